The lowest BCUT2D eigenvalue weighted by molar-refractivity contribution is -0.124. The van der Waals surface area contributed by atoms with Crippen molar-refractivity contribution in [1.82, 2.24) is 25.4 Å². The summed E-state index contributed by atoms with van der Waals surface area (Å²) in [4.78, 5) is 15.6. The lowest BCUT2D eigenvalue weighted by Gasteiger charge is -2.07. The van der Waals surface area contributed by atoms with Crippen molar-refractivity contribution in [2.75, 3.05) is 13.1 Å². The van der Waals surface area contributed by atoms with Crippen molar-refractivity contribution in [3.8, 4) is 0 Å². The molecule has 1 aliphatic rings. The van der Waals surface area contributed by atoms with Gasteiger partial charge in [0.25, 0.3) is 0 Å². The van der Waals surface area contributed by atoms with Crippen LogP contribution in [-0.2, 0) is 18.4 Å². The Morgan fingerprint density at radius 3 is 3.27 bits per heavy atom. The van der Waals surface area contributed by atoms with Gasteiger partial charge in [-0.05, 0) is 13.0 Å². The second-order valence-electron chi connectivity index (χ2n) is 3.74. The molecule has 6 heteroatoms. The molecule has 0 aromatic carbocycles. The Morgan fingerprint density at radius 2 is 2.67 bits per heavy atom. The van der Waals surface area contributed by atoms with Crippen LogP contribution in [0.25, 0.3) is 0 Å². The molecule has 0 radical (unpaired) electrons. The number of hydrogen-bond donors (Lipinski definition) is 2. The van der Waals surface area contributed by atoms with Crippen molar-refractivity contribution in [2.45, 2.75) is 13.0 Å². The van der Waals surface area contributed by atoms with Gasteiger partial charge in [0.05, 0.1) is 12.5 Å². The van der Waals surface area contributed by atoms with Gasteiger partial charge in [-0.15, -0.1) is 0 Å². The van der Waals surface area contributed by atoms with Crippen LogP contribution in [0.2, 0.25) is 0 Å². The van der Waals surface area contributed by atoms with Gasteiger partial charge >= 0.3 is 0 Å². The van der Waals surface area contributed by atoms with E-state index in [1.54, 1.807) is 18.1 Å². The zero-order chi connectivity index (χ0) is 10.7. The molecule has 2 heterocycles. The SMILES string of the molecule is Cn1cnc(CNC(=O)C2CCNC2)n1. The predicted molar refractivity (Wildman–Crippen MR) is 53.8 cm³/mol. The third-order valence-electron chi connectivity index (χ3n) is 2.50. The number of rotatable bonds is 3. The quantitative estimate of drug-likeness (QED) is 0.672. The molecule has 82 valence electrons. The summed E-state index contributed by atoms with van der Waals surface area (Å²) in [7, 11) is 1.80. The van der Waals surface area contributed by atoms with Gasteiger partial charge in [0.15, 0.2) is 5.82 Å². The van der Waals surface area contributed by atoms with Gasteiger partial charge in [0.1, 0.15) is 6.33 Å². The van der Waals surface area contributed by atoms with Crippen LogP contribution < -0.4 is 10.6 Å². The summed E-state index contributed by atoms with van der Waals surface area (Å²) in [6.07, 6.45) is 2.54. The van der Waals surface area contributed by atoms with Gasteiger partial charge in [-0.2, -0.15) is 5.10 Å². The van der Waals surface area contributed by atoms with E-state index in [4.69, 9.17) is 0 Å². The Hall–Kier alpha value is -1.43. The van der Waals surface area contributed by atoms with Crippen molar-refractivity contribution in [3.05, 3.63) is 12.2 Å². The molecule has 1 fully saturated rings. The Bertz CT molecular complexity index is 342. The van der Waals surface area contributed by atoms with E-state index in [1.807, 2.05) is 0 Å². The molecule has 0 bridgehead atoms. The molecular formula is C9H15N5O. The van der Waals surface area contributed by atoms with E-state index in [-0.39, 0.29) is 11.8 Å². The third kappa shape index (κ3) is 2.53. The Balaban J connectivity index is 1.80. The highest BCUT2D eigenvalue weighted by Crippen LogP contribution is 2.06. The van der Waals surface area contributed by atoms with Crippen LogP contribution in [0.15, 0.2) is 6.33 Å². The first-order valence-electron chi connectivity index (χ1n) is 5.08. The fourth-order valence-corrected chi connectivity index (χ4v) is 1.65. The first-order chi connectivity index (χ1) is 7.25. The van der Waals surface area contributed by atoms with Crippen LogP contribution in [0.5, 0.6) is 0 Å². The molecule has 15 heavy (non-hydrogen) atoms. The molecule has 1 saturated heterocycles. The molecule has 1 aliphatic heterocycles. The highest BCUT2D eigenvalue weighted by Gasteiger charge is 2.21. The molecule has 6 nitrogen and oxygen atoms in total. The molecule has 2 N–H and O–H groups in total. The lowest BCUT2D eigenvalue weighted by Crippen LogP contribution is -2.31. The van der Waals surface area contributed by atoms with Gasteiger partial charge < -0.3 is 10.6 Å². The summed E-state index contributed by atoms with van der Waals surface area (Å²) < 4.78 is 1.62. The minimum atomic E-state index is 0.0902. The van der Waals surface area contributed by atoms with Crippen molar-refractivity contribution in [1.29, 1.82) is 0 Å². The predicted octanol–water partition coefficient (Wildman–Crippen LogP) is -0.959. The number of carbonyl (C=O) groups is 1. The molecule has 0 saturated carbocycles. The van der Waals surface area contributed by atoms with Crippen molar-refractivity contribution in [3.63, 3.8) is 0 Å². The summed E-state index contributed by atoms with van der Waals surface area (Å²) >= 11 is 0. The maximum atomic E-state index is 11.6. The van der Waals surface area contributed by atoms with Crippen LogP contribution in [0.1, 0.15) is 12.2 Å². The van der Waals surface area contributed by atoms with Crippen molar-refractivity contribution >= 4 is 5.91 Å². The van der Waals surface area contributed by atoms with Gasteiger partial charge in [0.2, 0.25) is 5.91 Å². The largest absolute Gasteiger partial charge is 0.348 e. The molecule has 1 aromatic rings. The van der Waals surface area contributed by atoms with Gasteiger partial charge in [-0.25, -0.2) is 4.98 Å². The number of hydrogen-bond acceptors (Lipinski definition) is 4. The Kier molecular flexibility index (Phi) is 2.96. The summed E-state index contributed by atoms with van der Waals surface area (Å²) in [6, 6.07) is 0. The van der Waals surface area contributed by atoms with Crippen molar-refractivity contribution in [2.24, 2.45) is 13.0 Å². The zero-order valence-electron chi connectivity index (χ0n) is 8.73. The van der Waals surface area contributed by atoms with Gasteiger partial charge in [-0.3, -0.25) is 9.48 Å². The molecule has 0 aliphatic carbocycles. The highest BCUT2D eigenvalue weighted by atomic mass is 16.1. The summed E-state index contributed by atoms with van der Waals surface area (Å²) in [5, 5.41) is 10.1. The minimum Gasteiger partial charge on any atom is -0.348 e. The fraction of sp³-hybridized carbons (Fsp3) is 0.667. The van der Waals surface area contributed by atoms with Crippen LogP contribution in [-0.4, -0.2) is 33.8 Å². The van der Waals surface area contributed by atoms with E-state index in [0.29, 0.717) is 12.4 Å². The van der Waals surface area contributed by atoms with E-state index < -0.39 is 0 Å². The van der Waals surface area contributed by atoms with Crippen molar-refractivity contribution < 1.29 is 4.79 Å². The number of nitrogens with one attached hydrogen (secondary N) is 2. The van der Waals surface area contributed by atoms with Crippen LogP contribution >= 0.6 is 0 Å². The lowest BCUT2D eigenvalue weighted by atomic mass is 10.1. The van der Waals surface area contributed by atoms with E-state index in [9.17, 15) is 4.79 Å². The highest BCUT2D eigenvalue weighted by molar-refractivity contribution is 5.79. The van der Waals surface area contributed by atoms with Crippen LogP contribution in [0, 0.1) is 5.92 Å². The molecular weight excluding hydrogens is 194 g/mol. The molecule has 1 atom stereocenters. The first kappa shape index (κ1) is 10.1. The number of carbonyl (C=O) groups excluding carboxylic acids is 1. The smallest absolute Gasteiger partial charge is 0.224 e. The Morgan fingerprint density at radius 1 is 1.80 bits per heavy atom. The monoisotopic (exact) mass is 209 g/mol. The van der Waals surface area contributed by atoms with E-state index in [2.05, 4.69) is 20.7 Å². The minimum absolute atomic E-state index is 0.0902. The maximum absolute atomic E-state index is 11.6. The average Bonchev–Trinajstić information content (AvgIpc) is 2.84. The number of aromatic nitrogens is 3. The summed E-state index contributed by atoms with van der Waals surface area (Å²) in [5.41, 5.74) is 0. The second kappa shape index (κ2) is 4.39. The third-order valence-corrected chi connectivity index (χ3v) is 2.50. The second-order valence-corrected chi connectivity index (χ2v) is 3.74. The van der Waals surface area contributed by atoms with Gasteiger partial charge in [-0.1, -0.05) is 0 Å². The molecule has 0 spiro atoms. The molecule has 1 amide bonds. The van der Waals surface area contributed by atoms with Crippen LogP contribution in [0.4, 0.5) is 0 Å². The van der Waals surface area contributed by atoms with Crippen LogP contribution in [0.3, 0.4) is 0 Å². The number of aryl methyl sites for hydroxylation is 1. The van der Waals surface area contributed by atoms with E-state index in [0.717, 1.165) is 19.5 Å². The summed E-state index contributed by atoms with van der Waals surface area (Å²) in [6.45, 7) is 2.12. The standard InChI is InChI=1S/C9H15N5O/c1-14-6-12-8(13-14)5-11-9(15)7-2-3-10-4-7/h6-7,10H,2-5H2,1H3,(H,11,15). The first-order valence-corrected chi connectivity index (χ1v) is 5.08. The zero-order valence-corrected chi connectivity index (χ0v) is 8.73. The topological polar surface area (TPSA) is 71.8 Å². The van der Waals surface area contributed by atoms with E-state index in [1.165, 1.54) is 0 Å². The number of nitrogens with zero attached hydrogens (tertiary/aromatic N) is 3. The fourth-order valence-electron chi connectivity index (χ4n) is 1.65. The normalized spacial score (nSPS) is 20.5. The molecule has 1 unspecified atom stereocenters. The van der Waals surface area contributed by atoms with E-state index >= 15 is 0 Å². The summed E-state index contributed by atoms with van der Waals surface area (Å²) in [5.74, 6) is 0.845. The average molecular weight is 209 g/mol. The molecule has 1 aromatic heterocycles. The van der Waals surface area contributed by atoms with Gasteiger partial charge in [0, 0.05) is 13.6 Å². The Labute approximate surface area is 88.1 Å². The number of amides is 1. The maximum Gasteiger partial charge on any atom is 0.224 e. The molecule has 2 rings (SSSR count).